The van der Waals surface area contributed by atoms with Crippen LogP contribution in [0, 0.1) is 6.92 Å². The van der Waals surface area contributed by atoms with Crippen LogP contribution >= 0.6 is 0 Å². The fourth-order valence-corrected chi connectivity index (χ4v) is 2.94. The number of nitrogens with zero attached hydrogens (tertiary/aromatic N) is 2. The van der Waals surface area contributed by atoms with Crippen molar-refractivity contribution in [3.05, 3.63) is 23.8 Å². The van der Waals surface area contributed by atoms with E-state index in [0.29, 0.717) is 18.8 Å². The van der Waals surface area contributed by atoms with Crippen molar-refractivity contribution in [3.63, 3.8) is 0 Å². The Kier molecular flexibility index (Phi) is 7.90. The number of anilines is 1. The number of nitrogens with one attached hydrogen (secondary N) is 1. The molecule has 1 aromatic heterocycles. The van der Waals surface area contributed by atoms with Crippen LogP contribution in [0.15, 0.2) is 18.2 Å². The van der Waals surface area contributed by atoms with Crippen LogP contribution in [0.1, 0.15) is 12.0 Å². The SMILES string of the molecule is COc1cc(OC)c2nc(NCCCN(CCO)CCO)cc(C)c2c1. The highest BCUT2D eigenvalue weighted by Crippen LogP contribution is 2.32. The number of benzene rings is 1. The highest BCUT2D eigenvalue weighted by atomic mass is 16.5. The van der Waals surface area contributed by atoms with Crippen molar-refractivity contribution in [1.82, 2.24) is 9.88 Å². The minimum Gasteiger partial charge on any atom is -0.497 e. The second-order valence-electron chi connectivity index (χ2n) is 6.12. The van der Waals surface area contributed by atoms with E-state index in [1.54, 1.807) is 14.2 Å². The standard InChI is InChI=1S/C19H29N3O4/c1-14-11-18(20-5-4-6-22(7-9-23)8-10-24)21-19-16(14)12-15(25-2)13-17(19)26-3/h11-13,23-24H,4-10H2,1-3H3,(H,20,21). The van der Waals surface area contributed by atoms with Crippen molar-refractivity contribution < 1.29 is 19.7 Å². The third-order valence-electron chi connectivity index (χ3n) is 4.30. The van der Waals surface area contributed by atoms with Crippen LogP contribution in [0.5, 0.6) is 11.5 Å². The molecule has 0 aliphatic rings. The summed E-state index contributed by atoms with van der Waals surface area (Å²) in [6, 6.07) is 5.81. The van der Waals surface area contributed by atoms with Gasteiger partial charge in [0.1, 0.15) is 22.8 Å². The number of rotatable bonds is 11. The van der Waals surface area contributed by atoms with Crippen LogP contribution in [-0.4, -0.2) is 73.7 Å². The summed E-state index contributed by atoms with van der Waals surface area (Å²) < 4.78 is 10.8. The van der Waals surface area contributed by atoms with E-state index in [1.165, 1.54) is 0 Å². The number of hydrogen-bond acceptors (Lipinski definition) is 7. The Morgan fingerprint density at radius 3 is 2.38 bits per heavy atom. The zero-order chi connectivity index (χ0) is 18.9. The summed E-state index contributed by atoms with van der Waals surface area (Å²) in [6.45, 7) is 4.95. The Morgan fingerprint density at radius 1 is 1.04 bits per heavy atom. The normalized spacial score (nSPS) is 11.2. The molecular formula is C19H29N3O4. The molecule has 3 N–H and O–H groups in total. The molecule has 0 radical (unpaired) electrons. The van der Waals surface area contributed by atoms with Gasteiger partial charge in [-0.05, 0) is 37.6 Å². The molecule has 0 amide bonds. The molecule has 7 heteroatoms. The Morgan fingerprint density at radius 2 is 1.77 bits per heavy atom. The van der Waals surface area contributed by atoms with Crippen LogP contribution in [0.25, 0.3) is 10.9 Å². The Hall–Kier alpha value is -2.09. The van der Waals surface area contributed by atoms with Gasteiger partial charge in [-0.15, -0.1) is 0 Å². The summed E-state index contributed by atoms with van der Waals surface area (Å²) >= 11 is 0. The average Bonchev–Trinajstić information content (AvgIpc) is 2.65. The van der Waals surface area contributed by atoms with Crippen molar-refractivity contribution >= 4 is 16.7 Å². The molecule has 2 aromatic rings. The monoisotopic (exact) mass is 363 g/mol. The van der Waals surface area contributed by atoms with Gasteiger partial charge in [-0.3, -0.25) is 4.90 Å². The summed E-state index contributed by atoms with van der Waals surface area (Å²) in [5.41, 5.74) is 1.90. The lowest BCUT2D eigenvalue weighted by Crippen LogP contribution is -2.31. The molecule has 0 aliphatic carbocycles. The molecule has 0 saturated heterocycles. The van der Waals surface area contributed by atoms with Crippen molar-refractivity contribution in [2.24, 2.45) is 0 Å². The van der Waals surface area contributed by atoms with E-state index in [2.05, 4.69) is 10.3 Å². The van der Waals surface area contributed by atoms with E-state index in [9.17, 15) is 0 Å². The van der Waals surface area contributed by atoms with Gasteiger partial charge in [0.05, 0.1) is 27.4 Å². The predicted octanol–water partition coefficient (Wildman–Crippen LogP) is 1.65. The number of ether oxygens (including phenoxy) is 2. The first-order chi connectivity index (χ1) is 12.6. The fourth-order valence-electron chi connectivity index (χ4n) is 2.94. The minimum absolute atomic E-state index is 0.0993. The number of methoxy groups -OCH3 is 2. The fraction of sp³-hybridized carbons (Fsp3) is 0.526. The Balaban J connectivity index is 2.06. The highest BCUT2D eigenvalue weighted by molar-refractivity contribution is 5.90. The molecule has 144 valence electrons. The summed E-state index contributed by atoms with van der Waals surface area (Å²) in [5.74, 6) is 2.23. The number of aliphatic hydroxyl groups excluding tert-OH is 2. The quantitative estimate of drug-likeness (QED) is 0.523. The third-order valence-corrected chi connectivity index (χ3v) is 4.30. The first kappa shape index (κ1) is 20.2. The maximum Gasteiger partial charge on any atom is 0.148 e. The number of fused-ring (bicyclic) bond motifs is 1. The van der Waals surface area contributed by atoms with Gasteiger partial charge in [-0.2, -0.15) is 0 Å². The maximum atomic E-state index is 9.05. The van der Waals surface area contributed by atoms with E-state index in [4.69, 9.17) is 19.7 Å². The smallest absolute Gasteiger partial charge is 0.148 e. The lowest BCUT2D eigenvalue weighted by Gasteiger charge is -2.20. The van der Waals surface area contributed by atoms with E-state index in [1.807, 2.05) is 30.0 Å². The van der Waals surface area contributed by atoms with Crippen LogP contribution in [0.2, 0.25) is 0 Å². The molecule has 0 bridgehead atoms. The maximum absolute atomic E-state index is 9.05. The summed E-state index contributed by atoms with van der Waals surface area (Å²) in [7, 11) is 3.26. The van der Waals surface area contributed by atoms with E-state index in [-0.39, 0.29) is 13.2 Å². The van der Waals surface area contributed by atoms with Crippen LogP contribution < -0.4 is 14.8 Å². The highest BCUT2D eigenvalue weighted by Gasteiger charge is 2.11. The minimum atomic E-state index is 0.0993. The summed E-state index contributed by atoms with van der Waals surface area (Å²) in [5, 5.41) is 22.4. The Labute approximate surface area is 154 Å². The predicted molar refractivity (Wildman–Crippen MR) is 103 cm³/mol. The van der Waals surface area contributed by atoms with Gasteiger partial charge in [0, 0.05) is 31.1 Å². The van der Waals surface area contributed by atoms with E-state index >= 15 is 0 Å². The van der Waals surface area contributed by atoms with Crippen molar-refractivity contribution in [2.75, 3.05) is 58.9 Å². The number of aryl methyl sites for hydroxylation is 1. The lowest BCUT2D eigenvalue weighted by molar-refractivity contribution is 0.161. The molecule has 0 fully saturated rings. The Bertz CT molecular complexity index is 703. The topological polar surface area (TPSA) is 87.1 Å². The molecule has 1 heterocycles. The van der Waals surface area contributed by atoms with Gasteiger partial charge in [0.15, 0.2) is 0 Å². The average molecular weight is 363 g/mol. The lowest BCUT2D eigenvalue weighted by atomic mass is 10.1. The molecule has 0 saturated carbocycles. The van der Waals surface area contributed by atoms with Gasteiger partial charge in [0.25, 0.3) is 0 Å². The molecule has 0 unspecified atom stereocenters. The van der Waals surface area contributed by atoms with Crippen LogP contribution in [-0.2, 0) is 0 Å². The van der Waals surface area contributed by atoms with E-state index in [0.717, 1.165) is 47.5 Å². The number of pyridine rings is 1. The third kappa shape index (κ3) is 5.20. The molecular weight excluding hydrogens is 334 g/mol. The van der Waals surface area contributed by atoms with Gasteiger partial charge in [-0.1, -0.05) is 0 Å². The zero-order valence-corrected chi connectivity index (χ0v) is 15.8. The van der Waals surface area contributed by atoms with Gasteiger partial charge < -0.3 is 25.0 Å². The summed E-state index contributed by atoms with van der Waals surface area (Å²) in [6.07, 6.45) is 0.887. The number of hydrogen-bond donors (Lipinski definition) is 3. The van der Waals surface area contributed by atoms with Gasteiger partial charge in [-0.25, -0.2) is 4.98 Å². The van der Waals surface area contributed by atoms with Crippen LogP contribution in [0.3, 0.4) is 0 Å². The molecule has 0 spiro atoms. The van der Waals surface area contributed by atoms with Crippen molar-refractivity contribution in [2.45, 2.75) is 13.3 Å². The zero-order valence-electron chi connectivity index (χ0n) is 15.8. The first-order valence-electron chi connectivity index (χ1n) is 8.84. The van der Waals surface area contributed by atoms with Crippen molar-refractivity contribution in [3.8, 4) is 11.5 Å². The van der Waals surface area contributed by atoms with Crippen molar-refractivity contribution in [1.29, 1.82) is 0 Å². The first-order valence-corrected chi connectivity index (χ1v) is 8.84. The number of aliphatic hydroxyl groups is 2. The molecule has 2 rings (SSSR count). The van der Waals surface area contributed by atoms with Gasteiger partial charge >= 0.3 is 0 Å². The summed E-state index contributed by atoms with van der Waals surface area (Å²) in [4.78, 5) is 6.72. The largest absolute Gasteiger partial charge is 0.497 e. The second-order valence-corrected chi connectivity index (χ2v) is 6.12. The van der Waals surface area contributed by atoms with Gasteiger partial charge in [0.2, 0.25) is 0 Å². The molecule has 0 atom stereocenters. The number of aromatic nitrogens is 1. The van der Waals surface area contributed by atoms with E-state index < -0.39 is 0 Å². The molecule has 1 aromatic carbocycles. The van der Waals surface area contributed by atoms with Crippen LogP contribution in [0.4, 0.5) is 5.82 Å². The molecule has 7 nitrogen and oxygen atoms in total. The molecule has 0 aliphatic heterocycles. The second kappa shape index (κ2) is 10.2. The molecule has 26 heavy (non-hydrogen) atoms.